The van der Waals surface area contributed by atoms with Gasteiger partial charge in [0, 0.05) is 25.2 Å². The van der Waals surface area contributed by atoms with Crippen molar-refractivity contribution in [2.75, 3.05) is 33.7 Å². The van der Waals surface area contributed by atoms with Gasteiger partial charge in [0.1, 0.15) is 0 Å². The van der Waals surface area contributed by atoms with Crippen molar-refractivity contribution in [2.24, 2.45) is 0 Å². The standard InChI is InChI=1S/C10H21N3O/c1-8-6-12(4)7-9(2)13(8)10(14)5-11-3/h8-9,11H,5-7H2,1-4H3. The van der Waals surface area contributed by atoms with E-state index in [1.54, 1.807) is 0 Å². The zero-order valence-electron chi connectivity index (χ0n) is 9.58. The molecule has 1 aliphatic heterocycles. The summed E-state index contributed by atoms with van der Waals surface area (Å²) in [4.78, 5) is 16.0. The average molecular weight is 199 g/mol. The number of likely N-dealkylation sites (N-methyl/N-ethyl adjacent to an activating group) is 2. The summed E-state index contributed by atoms with van der Waals surface area (Å²) in [6, 6.07) is 0.647. The molecular weight excluding hydrogens is 178 g/mol. The minimum absolute atomic E-state index is 0.209. The predicted octanol–water partition coefficient (Wildman–Crippen LogP) is -0.243. The Balaban J connectivity index is 2.62. The smallest absolute Gasteiger partial charge is 0.237 e. The highest BCUT2D eigenvalue weighted by Gasteiger charge is 2.30. The van der Waals surface area contributed by atoms with Gasteiger partial charge in [0.05, 0.1) is 6.54 Å². The van der Waals surface area contributed by atoms with E-state index in [-0.39, 0.29) is 5.91 Å². The number of carbonyl (C=O) groups is 1. The van der Waals surface area contributed by atoms with Gasteiger partial charge in [-0.25, -0.2) is 0 Å². The number of hydrogen-bond acceptors (Lipinski definition) is 3. The lowest BCUT2D eigenvalue weighted by Gasteiger charge is -2.43. The number of hydrogen-bond donors (Lipinski definition) is 1. The summed E-state index contributed by atoms with van der Waals surface area (Å²) >= 11 is 0. The van der Waals surface area contributed by atoms with Gasteiger partial charge in [0.15, 0.2) is 0 Å². The van der Waals surface area contributed by atoms with Gasteiger partial charge in [-0.1, -0.05) is 0 Å². The predicted molar refractivity (Wildman–Crippen MR) is 57.2 cm³/mol. The second-order valence-corrected chi connectivity index (χ2v) is 4.25. The third-order valence-corrected chi connectivity index (χ3v) is 2.72. The van der Waals surface area contributed by atoms with E-state index < -0.39 is 0 Å². The molecule has 0 spiro atoms. The summed E-state index contributed by atoms with van der Waals surface area (Å²) in [5.41, 5.74) is 0. The quantitative estimate of drug-likeness (QED) is 0.666. The molecule has 4 heteroatoms. The lowest BCUT2D eigenvalue weighted by molar-refractivity contribution is -0.137. The van der Waals surface area contributed by atoms with Gasteiger partial charge in [-0.2, -0.15) is 0 Å². The number of nitrogens with one attached hydrogen (secondary N) is 1. The van der Waals surface area contributed by atoms with Gasteiger partial charge in [0.2, 0.25) is 5.91 Å². The molecule has 14 heavy (non-hydrogen) atoms. The first-order valence-corrected chi connectivity index (χ1v) is 5.20. The second-order valence-electron chi connectivity index (χ2n) is 4.25. The summed E-state index contributed by atoms with van der Waals surface area (Å²) in [6.07, 6.45) is 0. The van der Waals surface area contributed by atoms with Crippen molar-refractivity contribution in [3.63, 3.8) is 0 Å². The van der Waals surface area contributed by atoms with Crippen molar-refractivity contribution in [1.29, 1.82) is 0 Å². The van der Waals surface area contributed by atoms with E-state index in [0.717, 1.165) is 13.1 Å². The maximum absolute atomic E-state index is 11.8. The SMILES string of the molecule is CNCC(=O)N1C(C)CN(C)CC1C. The Kier molecular flexibility index (Phi) is 3.89. The Morgan fingerprint density at radius 2 is 1.86 bits per heavy atom. The molecule has 2 unspecified atom stereocenters. The van der Waals surface area contributed by atoms with E-state index in [1.807, 2.05) is 11.9 Å². The molecule has 1 aliphatic rings. The molecule has 1 amide bonds. The number of carbonyl (C=O) groups excluding carboxylic acids is 1. The van der Waals surface area contributed by atoms with E-state index in [1.165, 1.54) is 0 Å². The molecule has 1 saturated heterocycles. The van der Waals surface area contributed by atoms with Crippen LogP contribution in [0.4, 0.5) is 0 Å². The van der Waals surface area contributed by atoms with E-state index in [9.17, 15) is 4.79 Å². The normalized spacial score (nSPS) is 29.3. The summed E-state index contributed by atoms with van der Waals surface area (Å²) in [6.45, 7) is 6.61. The first-order valence-electron chi connectivity index (χ1n) is 5.20. The maximum atomic E-state index is 11.8. The van der Waals surface area contributed by atoms with Gasteiger partial charge in [-0.15, -0.1) is 0 Å². The Labute approximate surface area is 86.2 Å². The fourth-order valence-corrected chi connectivity index (χ4v) is 2.32. The van der Waals surface area contributed by atoms with Gasteiger partial charge >= 0.3 is 0 Å². The minimum atomic E-state index is 0.209. The maximum Gasteiger partial charge on any atom is 0.237 e. The Bertz CT molecular complexity index is 196. The highest BCUT2D eigenvalue weighted by Crippen LogP contribution is 2.14. The zero-order valence-corrected chi connectivity index (χ0v) is 9.58. The van der Waals surface area contributed by atoms with Crippen LogP contribution in [0.2, 0.25) is 0 Å². The molecule has 0 radical (unpaired) electrons. The van der Waals surface area contributed by atoms with E-state index in [4.69, 9.17) is 0 Å². The lowest BCUT2D eigenvalue weighted by Crippen LogP contribution is -2.58. The molecule has 0 aliphatic carbocycles. The molecule has 0 saturated carbocycles. The second kappa shape index (κ2) is 4.75. The van der Waals surface area contributed by atoms with Crippen LogP contribution in [-0.4, -0.2) is 61.5 Å². The summed E-state index contributed by atoms with van der Waals surface area (Å²) in [7, 11) is 3.91. The summed E-state index contributed by atoms with van der Waals surface area (Å²) < 4.78 is 0. The molecule has 0 bridgehead atoms. The van der Waals surface area contributed by atoms with E-state index in [2.05, 4.69) is 31.1 Å². The third kappa shape index (κ3) is 2.45. The van der Waals surface area contributed by atoms with Crippen molar-refractivity contribution in [3.8, 4) is 0 Å². The molecule has 1 heterocycles. The number of nitrogens with zero attached hydrogens (tertiary/aromatic N) is 2. The highest BCUT2D eigenvalue weighted by atomic mass is 16.2. The molecule has 1 fully saturated rings. The van der Waals surface area contributed by atoms with Gasteiger partial charge in [-0.3, -0.25) is 4.79 Å². The summed E-state index contributed by atoms with van der Waals surface area (Å²) in [5.74, 6) is 0.209. The molecule has 4 nitrogen and oxygen atoms in total. The topological polar surface area (TPSA) is 35.6 Å². The first-order chi connectivity index (χ1) is 6.56. The van der Waals surface area contributed by atoms with Crippen LogP contribution >= 0.6 is 0 Å². The van der Waals surface area contributed by atoms with Gasteiger partial charge in [0.25, 0.3) is 0 Å². The number of amides is 1. The molecule has 0 aromatic heterocycles. The van der Waals surface area contributed by atoms with Crippen LogP contribution in [0.15, 0.2) is 0 Å². The largest absolute Gasteiger partial charge is 0.334 e. The highest BCUT2D eigenvalue weighted by molar-refractivity contribution is 5.79. The van der Waals surface area contributed by atoms with Crippen molar-refractivity contribution >= 4 is 5.91 Å². The van der Waals surface area contributed by atoms with Crippen LogP contribution < -0.4 is 5.32 Å². The molecule has 0 aromatic rings. The fraction of sp³-hybridized carbons (Fsp3) is 0.900. The van der Waals surface area contributed by atoms with E-state index in [0.29, 0.717) is 18.6 Å². The Morgan fingerprint density at radius 3 is 2.29 bits per heavy atom. The molecule has 0 aromatic carbocycles. The van der Waals surface area contributed by atoms with Crippen LogP contribution in [0.3, 0.4) is 0 Å². The molecule has 1 rings (SSSR count). The first kappa shape index (κ1) is 11.5. The van der Waals surface area contributed by atoms with Crippen molar-refractivity contribution in [2.45, 2.75) is 25.9 Å². The molecule has 82 valence electrons. The van der Waals surface area contributed by atoms with Crippen molar-refractivity contribution < 1.29 is 4.79 Å². The van der Waals surface area contributed by atoms with Crippen LogP contribution in [-0.2, 0) is 4.79 Å². The molecular formula is C10H21N3O. The zero-order chi connectivity index (χ0) is 10.7. The van der Waals surface area contributed by atoms with Gasteiger partial charge in [-0.05, 0) is 27.9 Å². The molecule has 1 N–H and O–H groups in total. The number of piperazine rings is 1. The van der Waals surface area contributed by atoms with Crippen LogP contribution in [0.1, 0.15) is 13.8 Å². The molecule has 2 atom stereocenters. The summed E-state index contributed by atoms with van der Waals surface area (Å²) in [5, 5.41) is 2.91. The minimum Gasteiger partial charge on any atom is -0.334 e. The van der Waals surface area contributed by atoms with Crippen molar-refractivity contribution in [1.82, 2.24) is 15.1 Å². The van der Waals surface area contributed by atoms with Crippen molar-refractivity contribution in [3.05, 3.63) is 0 Å². The van der Waals surface area contributed by atoms with Crippen LogP contribution in [0, 0.1) is 0 Å². The monoisotopic (exact) mass is 199 g/mol. The Hall–Kier alpha value is -0.610. The fourth-order valence-electron chi connectivity index (χ4n) is 2.32. The number of rotatable bonds is 2. The van der Waals surface area contributed by atoms with Crippen LogP contribution in [0.5, 0.6) is 0 Å². The lowest BCUT2D eigenvalue weighted by atomic mass is 10.1. The van der Waals surface area contributed by atoms with E-state index >= 15 is 0 Å². The Morgan fingerprint density at radius 1 is 1.36 bits per heavy atom. The third-order valence-electron chi connectivity index (χ3n) is 2.72. The van der Waals surface area contributed by atoms with Crippen LogP contribution in [0.25, 0.3) is 0 Å². The average Bonchev–Trinajstić information content (AvgIpc) is 2.01. The van der Waals surface area contributed by atoms with Gasteiger partial charge < -0.3 is 15.1 Å².